The third kappa shape index (κ3) is 3.06. The van der Waals surface area contributed by atoms with E-state index in [0.29, 0.717) is 16.6 Å². The number of aromatic nitrogens is 4. The number of fused-ring (bicyclic) bond motifs is 1. The number of carbonyl (C=O) groups is 1. The monoisotopic (exact) mass is 366 g/mol. The molecule has 0 atom stereocenters. The molecule has 0 unspecified atom stereocenters. The van der Waals surface area contributed by atoms with Gasteiger partial charge < -0.3 is 11.1 Å². The lowest BCUT2D eigenvalue weighted by Crippen LogP contribution is -2.15. The highest BCUT2D eigenvalue weighted by Crippen LogP contribution is 2.27. The summed E-state index contributed by atoms with van der Waals surface area (Å²) in [5.41, 5.74) is 7.80. The Hall–Kier alpha value is -3.88. The van der Waals surface area contributed by atoms with E-state index >= 15 is 0 Å². The third-order valence-corrected chi connectivity index (χ3v) is 3.96. The maximum Gasteiger partial charge on any atom is 0.276 e. The summed E-state index contributed by atoms with van der Waals surface area (Å²) in [4.78, 5) is 19.9. The Balaban J connectivity index is 1.74. The summed E-state index contributed by atoms with van der Waals surface area (Å²) in [6.45, 7) is 0. The minimum Gasteiger partial charge on any atom is -0.397 e. The normalized spacial score (nSPS) is 10.9. The number of nitrogens with zero attached hydrogens (tertiary/aromatic N) is 3. The predicted molar refractivity (Wildman–Crippen MR) is 95.8 cm³/mol. The van der Waals surface area contributed by atoms with Crippen molar-refractivity contribution in [3.63, 3.8) is 0 Å². The van der Waals surface area contributed by atoms with E-state index in [1.807, 2.05) is 6.07 Å². The van der Waals surface area contributed by atoms with Crippen molar-refractivity contribution in [3.05, 3.63) is 66.4 Å². The first kappa shape index (κ1) is 16.6. The number of halogens is 2. The molecule has 1 amide bonds. The van der Waals surface area contributed by atoms with Crippen molar-refractivity contribution in [3.8, 4) is 11.1 Å². The van der Waals surface area contributed by atoms with Crippen LogP contribution < -0.4 is 11.1 Å². The number of nitrogen functional groups attached to an aromatic ring is 1. The van der Waals surface area contributed by atoms with Gasteiger partial charge in [-0.1, -0.05) is 6.07 Å². The molecule has 4 N–H and O–H groups in total. The molecule has 0 radical (unpaired) electrons. The van der Waals surface area contributed by atoms with Crippen LogP contribution in [0.1, 0.15) is 10.5 Å². The van der Waals surface area contributed by atoms with Crippen LogP contribution >= 0.6 is 0 Å². The van der Waals surface area contributed by atoms with Gasteiger partial charge in [-0.15, -0.1) is 0 Å². The van der Waals surface area contributed by atoms with Crippen molar-refractivity contribution >= 4 is 28.2 Å². The van der Waals surface area contributed by atoms with Crippen molar-refractivity contribution in [2.24, 2.45) is 0 Å². The number of hydrogen-bond donors (Lipinski definition) is 3. The number of pyridine rings is 2. The lowest BCUT2D eigenvalue weighted by molar-refractivity contribution is 0.102. The Labute approximate surface area is 151 Å². The molecule has 0 saturated heterocycles. The molecular weight excluding hydrogens is 354 g/mol. The van der Waals surface area contributed by atoms with Crippen molar-refractivity contribution in [1.82, 2.24) is 20.2 Å². The highest BCUT2D eigenvalue weighted by Gasteiger charge is 2.19. The van der Waals surface area contributed by atoms with E-state index < -0.39 is 23.2 Å². The number of H-pyrrole nitrogens is 1. The number of amides is 1. The molecule has 134 valence electrons. The fraction of sp³-hybridized carbons (Fsp3) is 0. The van der Waals surface area contributed by atoms with Crippen LogP contribution in [0, 0.1) is 11.6 Å². The van der Waals surface area contributed by atoms with Gasteiger partial charge in [-0.05, 0) is 23.8 Å². The number of benzene rings is 1. The SMILES string of the molecule is Nc1cncc(-c2ccc3[nH]nc(C(=O)Nc4c(F)cncc4F)c3c2)c1. The van der Waals surface area contributed by atoms with Gasteiger partial charge in [0.1, 0.15) is 5.69 Å². The summed E-state index contributed by atoms with van der Waals surface area (Å²) in [6, 6.07) is 7.03. The van der Waals surface area contributed by atoms with Crippen molar-refractivity contribution in [1.29, 1.82) is 0 Å². The van der Waals surface area contributed by atoms with Gasteiger partial charge in [-0.25, -0.2) is 8.78 Å². The molecule has 0 bridgehead atoms. The molecule has 0 aliphatic rings. The van der Waals surface area contributed by atoms with Crippen molar-refractivity contribution in [2.45, 2.75) is 0 Å². The first-order valence-electron chi connectivity index (χ1n) is 7.82. The molecule has 1 aromatic carbocycles. The number of anilines is 2. The van der Waals surface area contributed by atoms with Crippen LogP contribution in [-0.4, -0.2) is 26.1 Å². The number of nitrogens with two attached hydrogens (primary N) is 1. The molecule has 3 aromatic heterocycles. The lowest BCUT2D eigenvalue weighted by atomic mass is 10.0. The van der Waals surface area contributed by atoms with Crippen LogP contribution in [0.3, 0.4) is 0 Å². The zero-order chi connectivity index (χ0) is 19.0. The van der Waals surface area contributed by atoms with Gasteiger partial charge in [-0.2, -0.15) is 5.10 Å². The largest absolute Gasteiger partial charge is 0.397 e. The number of aromatic amines is 1. The maximum absolute atomic E-state index is 13.7. The summed E-state index contributed by atoms with van der Waals surface area (Å²) in [5.74, 6) is -2.71. The number of rotatable bonds is 3. The topological polar surface area (TPSA) is 110 Å². The fourth-order valence-corrected chi connectivity index (χ4v) is 2.69. The second-order valence-electron chi connectivity index (χ2n) is 5.77. The Kier molecular flexibility index (Phi) is 3.96. The molecule has 0 aliphatic carbocycles. The summed E-state index contributed by atoms with van der Waals surface area (Å²) in [6.07, 6.45) is 4.79. The second kappa shape index (κ2) is 6.45. The third-order valence-electron chi connectivity index (χ3n) is 3.96. The smallest absolute Gasteiger partial charge is 0.276 e. The van der Waals surface area contributed by atoms with Crippen LogP contribution in [-0.2, 0) is 0 Å². The fourth-order valence-electron chi connectivity index (χ4n) is 2.69. The summed E-state index contributed by atoms with van der Waals surface area (Å²) < 4.78 is 27.5. The van der Waals surface area contributed by atoms with Crippen LogP contribution in [0.5, 0.6) is 0 Å². The van der Waals surface area contributed by atoms with Gasteiger partial charge in [0.05, 0.1) is 23.6 Å². The Morgan fingerprint density at radius 2 is 1.74 bits per heavy atom. The lowest BCUT2D eigenvalue weighted by Gasteiger charge is -2.06. The van der Waals surface area contributed by atoms with Gasteiger partial charge in [-0.3, -0.25) is 19.9 Å². The average molecular weight is 366 g/mol. The minimum absolute atomic E-state index is 0.000625. The van der Waals surface area contributed by atoms with E-state index in [9.17, 15) is 13.6 Å². The second-order valence-corrected chi connectivity index (χ2v) is 5.77. The summed E-state index contributed by atoms with van der Waals surface area (Å²) in [7, 11) is 0. The van der Waals surface area contributed by atoms with Gasteiger partial charge >= 0.3 is 0 Å². The van der Waals surface area contributed by atoms with E-state index in [4.69, 9.17) is 5.73 Å². The van der Waals surface area contributed by atoms with Gasteiger partial charge in [0.15, 0.2) is 17.3 Å². The van der Waals surface area contributed by atoms with E-state index in [1.54, 1.807) is 24.4 Å². The Morgan fingerprint density at radius 3 is 2.48 bits per heavy atom. The Morgan fingerprint density at radius 1 is 1.00 bits per heavy atom. The summed E-state index contributed by atoms with van der Waals surface area (Å²) in [5, 5.41) is 9.37. The number of carbonyl (C=O) groups excluding carboxylic acids is 1. The summed E-state index contributed by atoms with van der Waals surface area (Å²) >= 11 is 0. The van der Waals surface area contributed by atoms with E-state index in [1.165, 1.54) is 6.20 Å². The standard InChI is InChI=1S/C18H12F2N6O/c19-13-7-23-8-14(20)17(13)24-18(27)16-12-4-9(1-2-15(12)25-26-16)10-3-11(21)6-22-5-10/h1-8H,21H2,(H,25,26)(H,23,24,27). The molecule has 0 saturated carbocycles. The zero-order valence-corrected chi connectivity index (χ0v) is 13.7. The van der Waals surface area contributed by atoms with Gasteiger partial charge in [0.2, 0.25) is 0 Å². The maximum atomic E-state index is 13.7. The van der Waals surface area contributed by atoms with E-state index in [-0.39, 0.29) is 5.69 Å². The van der Waals surface area contributed by atoms with Gasteiger partial charge in [0.25, 0.3) is 5.91 Å². The molecule has 4 aromatic rings. The molecule has 0 fully saturated rings. The molecule has 0 spiro atoms. The van der Waals surface area contributed by atoms with Crippen LogP contribution in [0.2, 0.25) is 0 Å². The minimum atomic E-state index is -0.977. The van der Waals surface area contributed by atoms with Gasteiger partial charge in [0, 0.05) is 23.3 Å². The van der Waals surface area contributed by atoms with Crippen molar-refractivity contribution < 1.29 is 13.6 Å². The van der Waals surface area contributed by atoms with Crippen LogP contribution in [0.25, 0.3) is 22.0 Å². The zero-order valence-electron chi connectivity index (χ0n) is 13.7. The first-order valence-corrected chi connectivity index (χ1v) is 7.82. The van der Waals surface area contributed by atoms with Crippen LogP contribution in [0.15, 0.2) is 49.1 Å². The highest BCUT2D eigenvalue weighted by atomic mass is 19.1. The molecule has 0 aliphatic heterocycles. The predicted octanol–water partition coefficient (Wildman–Crippen LogP) is 3.13. The highest BCUT2D eigenvalue weighted by molar-refractivity contribution is 6.11. The number of hydrogen-bond acceptors (Lipinski definition) is 5. The molecular formula is C18H12F2N6O. The number of nitrogens with one attached hydrogen (secondary N) is 2. The molecule has 27 heavy (non-hydrogen) atoms. The Bertz CT molecular complexity index is 1150. The molecule has 9 heteroatoms. The molecule has 7 nitrogen and oxygen atoms in total. The van der Waals surface area contributed by atoms with Crippen LogP contribution in [0.4, 0.5) is 20.2 Å². The quantitative estimate of drug-likeness (QED) is 0.516. The average Bonchev–Trinajstić information content (AvgIpc) is 3.08. The first-order chi connectivity index (χ1) is 13.0. The van der Waals surface area contributed by atoms with E-state index in [2.05, 4.69) is 25.5 Å². The van der Waals surface area contributed by atoms with E-state index in [0.717, 1.165) is 23.5 Å². The molecule has 4 rings (SSSR count). The molecule has 3 heterocycles. The van der Waals surface area contributed by atoms with Crippen molar-refractivity contribution in [2.75, 3.05) is 11.1 Å².